The van der Waals surface area contributed by atoms with Gasteiger partial charge in [-0.3, -0.25) is 0 Å². The van der Waals surface area contributed by atoms with Crippen LogP contribution in [0.4, 0.5) is 74.6 Å². The monoisotopic (exact) mass is 722 g/mol. The summed E-state index contributed by atoms with van der Waals surface area (Å²) in [6.45, 7) is -2.71. The molecule has 8 nitrogen and oxygen atoms in total. The third kappa shape index (κ3) is 7.51. The van der Waals surface area contributed by atoms with Crippen molar-refractivity contribution in [1.29, 1.82) is 0 Å². The number of aliphatic hydroxyl groups excluding tert-OH is 1. The van der Waals surface area contributed by atoms with E-state index in [9.17, 15) is 101 Å². The SMILES string of the molecule is C[N+](C)(CCCNS(=O)(=O)C(F)(F)C(F)(F)C(F)(F)C(F)(F)C(F)(F)C(F)(F)C(F)(F)C(F)(F)F)CC(O)CS(=O)(=O)[O-]. The Labute approximate surface area is 230 Å². The Kier molecular flexibility index (Phi) is 11.3. The molecule has 260 valence electrons. The summed E-state index contributed by atoms with van der Waals surface area (Å²) < 4.78 is 281. The second-order valence-corrected chi connectivity index (χ2v) is 12.7. The van der Waals surface area contributed by atoms with E-state index in [4.69, 9.17) is 0 Å². The van der Waals surface area contributed by atoms with Crippen LogP contribution in [0, 0.1) is 0 Å². The van der Waals surface area contributed by atoms with Gasteiger partial charge in [-0.1, -0.05) is 0 Å². The highest BCUT2D eigenvalue weighted by Crippen LogP contribution is 2.64. The number of likely N-dealkylation sites (N-methyl/N-ethyl adjacent to an activating group) is 1. The van der Waals surface area contributed by atoms with Gasteiger partial charge in [0.1, 0.15) is 12.6 Å². The topological polar surface area (TPSA) is 124 Å². The number of rotatable bonds is 16. The molecule has 1 unspecified atom stereocenters. The maximum Gasteiger partial charge on any atom is 0.460 e. The molecule has 0 rings (SSSR count). The summed E-state index contributed by atoms with van der Waals surface area (Å²) in [6.07, 6.45) is -10.6. The molecule has 27 heteroatoms. The normalized spacial score (nSPS) is 16.9. The fourth-order valence-corrected chi connectivity index (χ4v) is 4.71. The zero-order chi connectivity index (χ0) is 35.3. The quantitative estimate of drug-likeness (QED) is 0.109. The Hall–Kier alpha value is -1.45. The number of aliphatic hydroxyl groups is 1. The highest BCUT2D eigenvalue weighted by atomic mass is 32.2. The molecule has 0 aliphatic rings. The fraction of sp³-hybridized carbons (Fsp3) is 1.00. The van der Waals surface area contributed by atoms with Gasteiger partial charge in [-0.2, -0.15) is 74.6 Å². The highest BCUT2D eigenvalue weighted by molar-refractivity contribution is 7.90. The molecule has 0 spiro atoms. The first-order valence-corrected chi connectivity index (χ1v) is 13.5. The Morgan fingerprint density at radius 2 is 1.02 bits per heavy atom. The summed E-state index contributed by atoms with van der Waals surface area (Å²) in [5.74, 6) is -53.5. The minimum Gasteiger partial charge on any atom is -0.748 e. The Morgan fingerprint density at radius 3 is 1.37 bits per heavy atom. The third-order valence-electron chi connectivity index (χ3n) is 5.36. The molecule has 0 aromatic heterocycles. The molecule has 1 atom stereocenters. The molecule has 0 fully saturated rings. The molecule has 0 amide bonds. The van der Waals surface area contributed by atoms with Gasteiger partial charge in [-0.15, -0.1) is 0 Å². The van der Waals surface area contributed by atoms with Gasteiger partial charge in [0, 0.05) is 13.0 Å². The van der Waals surface area contributed by atoms with Crippen LogP contribution in [0.15, 0.2) is 0 Å². The maximum absolute atomic E-state index is 14.0. The minimum atomic E-state index is -8.93. The van der Waals surface area contributed by atoms with Gasteiger partial charge in [0.25, 0.3) is 10.0 Å². The van der Waals surface area contributed by atoms with Gasteiger partial charge in [0.15, 0.2) is 0 Å². The van der Waals surface area contributed by atoms with Crippen molar-refractivity contribution in [3.8, 4) is 0 Å². The van der Waals surface area contributed by atoms with Crippen molar-refractivity contribution in [2.24, 2.45) is 0 Å². The molecule has 0 heterocycles. The molecule has 2 N–H and O–H groups in total. The molecule has 0 aliphatic carbocycles. The molecule has 0 saturated heterocycles. The number of hydrogen-bond acceptors (Lipinski definition) is 6. The van der Waals surface area contributed by atoms with Crippen molar-refractivity contribution in [2.75, 3.05) is 39.5 Å². The van der Waals surface area contributed by atoms with Crippen molar-refractivity contribution in [3.05, 3.63) is 0 Å². The lowest BCUT2D eigenvalue weighted by Gasteiger charge is -2.42. The summed E-state index contributed by atoms with van der Waals surface area (Å²) in [4.78, 5) is 0. The van der Waals surface area contributed by atoms with Crippen molar-refractivity contribution in [1.82, 2.24) is 4.72 Å². The first kappa shape index (κ1) is 41.5. The molecule has 0 radical (unpaired) electrons. The van der Waals surface area contributed by atoms with Crippen molar-refractivity contribution in [3.63, 3.8) is 0 Å². The van der Waals surface area contributed by atoms with Crippen LogP contribution in [0.5, 0.6) is 0 Å². The number of alkyl halides is 17. The molecular weight excluding hydrogens is 703 g/mol. The number of sulfonamides is 1. The van der Waals surface area contributed by atoms with Crippen molar-refractivity contribution >= 4 is 20.1 Å². The second-order valence-electron chi connectivity index (χ2n) is 9.43. The van der Waals surface area contributed by atoms with Crippen LogP contribution in [0.25, 0.3) is 0 Å². The molecule has 0 bridgehead atoms. The van der Waals surface area contributed by atoms with Gasteiger partial charge in [-0.05, 0) is 0 Å². The van der Waals surface area contributed by atoms with E-state index in [0.717, 1.165) is 14.1 Å². The van der Waals surface area contributed by atoms with Crippen LogP contribution in [0.3, 0.4) is 0 Å². The zero-order valence-electron chi connectivity index (χ0n) is 20.8. The van der Waals surface area contributed by atoms with Crippen LogP contribution in [-0.2, 0) is 20.1 Å². The van der Waals surface area contributed by atoms with Crippen molar-refractivity contribution in [2.45, 2.75) is 59.5 Å². The van der Waals surface area contributed by atoms with E-state index in [-0.39, 0.29) is 0 Å². The Balaban J connectivity index is 6.17. The lowest BCUT2D eigenvalue weighted by Crippen LogP contribution is -2.75. The first-order valence-electron chi connectivity index (χ1n) is 10.4. The van der Waals surface area contributed by atoms with E-state index in [1.54, 1.807) is 0 Å². The molecule has 0 aromatic carbocycles. The summed E-state index contributed by atoms with van der Waals surface area (Å²) in [5.41, 5.74) is 0. The van der Waals surface area contributed by atoms with E-state index in [1.807, 2.05) is 0 Å². The Bertz CT molecular complexity index is 1200. The van der Waals surface area contributed by atoms with Gasteiger partial charge < -0.3 is 14.1 Å². The zero-order valence-corrected chi connectivity index (χ0v) is 22.4. The maximum atomic E-state index is 14.0. The van der Waals surface area contributed by atoms with Gasteiger partial charge >= 0.3 is 47.0 Å². The summed E-state index contributed by atoms with van der Waals surface area (Å²) in [5, 5.41) is 1.83. The van der Waals surface area contributed by atoms with Gasteiger partial charge in [0.05, 0.1) is 36.5 Å². The molecule has 0 aromatic rings. The second kappa shape index (κ2) is 11.7. The largest absolute Gasteiger partial charge is 0.748 e. The van der Waals surface area contributed by atoms with E-state index in [2.05, 4.69) is 0 Å². The summed E-state index contributed by atoms with van der Waals surface area (Å²) >= 11 is 0. The predicted molar refractivity (Wildman–Crippen MR) is 105 cm³/mol. The number of nitrogens with zero attached hydrogens (tertiary/aromatic N) is 1. The van der Waals surface area contributed by atoms with E-state index < -0.39 is 110 Å². The Morgan fingerprint density at radius 1 is 0.674 bits per heavy atom. The fourth-order valence-electron chi connectivity index (χ4n) is 3.07. The number of nitrogens with one attached hydrogen (secondary N) is 1. The van der Waals surface area contributed by atoms with Crippen LogP contribution in [0.1, 0.15) is 6.42 Å². The smallest absolute Gasteiger partial charge is 0.460 e. The lowest BCUT2D eigenvalue weighted by molar-refractivity contribution is -0.893. The number of quaternary nitrogens is 1. The minimum absolute atomic E-state index is 0.447. The average molecular weight is 722 g/mol. The third-order valence-corrected chi connectivity index (χ3v) is 7.67. The summed E-state index contributed by atoms with van der Waals surface area (Å²) in [6, 6.07) is 0. The molecular formula is C16H19F17N2O6S2. The van der Waals surface area contributed by atoms with Crippen molar-refractivity contribution < 1.29 is 106 Å². The molecule has 43 heavy (non-hydrogen) atoms. The number of halogens is 17. The van der Waals surface area contributed by atoms with Crippen LogP contribution < -0.4 is 4.72 Å². The highest BCUT2D eigenvalue weighted by Gasteiger charge is 2.96. The predicted octanol–water partition coefficient (Wildman–Crippen LogP) is 3.25. The van der Waals surface area contributed by atoms with E-state index in [1.165, 1.54) is 0 Å². The molecule has 0 aliphatic heterocycles. The lowest BCUT2D eigenvalue weighted by atomic mass is 9.91. The van der Waals surface area contributed by atoms with Gasteiger partial charge in [-0.25, -0.2) is 21.6 Å². The van der Waals surface area contributed by atoms with E-state index in [0.29, 0.717) is 4.72 Å². The summed E-state index contributed by atoms with van der Waals surface area (Å²) in [7, 11) is -10.2. The van der Waals surface area contributed by atoms with Crippen LogP contribution in [-0.4, -0.2) is 124 Å². The standard InChI is InChI=1S/C16H19F17N2O6S2/c1-35(2,6-8(36)7-42(37,38)39)5-3-4-34-43(40,41)16(32,33)14(27,28)12(23,24)10(19,20)9(17,18)11(21,22)13(25,26)15(29,30)31/h8,34,36H,3-7H2,1-2H3. The van der Waals surface area contributed by atoms with Gasteiger partial charge in [0.2, 0.25) is 0 Å². The number of hydrogen-bond donors (Lipinski definition) is 2. The van der Waals surface area contributed by atoms with Crippen LogP contribution in [0.2, 0.25) is 0 Å². The van der Waals surface area contributed by atoms with E-state index >= 15 is 0 Å². The molecule has 0 saturated carbocycles. The average Bonchev–Trinajstić information content (AvgIpc) is 2.73. The van der Waals surface area contributed by atoms with Crippen LogP contribution >= 0.6 is 0 Å². The first-order chi connectivity index (χ1) is 18.3.